The standard InChI is InChI=1S/C18H19N3O3/c1-3-15(24-13-8-6-12(2)7-9-13)18(23)21-11-16(22)20-14-5-4-10-19-17(14)21/h4-10,15H,3,11H2,1-2H3,(H,20,22). The van der Waals surface area contributed by atoms with E-state index in [9.17, 15) is 9.59 Å². The molecular formula is C18H19N3O3. The highest BCUT2D eigenvalue weighted by Crippen LogP contribution is 2.27. The van der Waals surface area contributed by atoms with Crippen LogP contribution in [0.3, 0.4) is 0 Å². The molecule has 2 aromatic rings. The van der Waals surface area contributed by atoms with Gasteiger partial charge in [-0.15, -0.1) is 0 Å². The number of carbonyl (C=O) groups is 2. The maximum atomic E-state index is 12.9. The number of ether oxygens (including phenoxy) is 1. The zero-order chi connectivity index (χ0) is 17.1. The Morgan fingerprint density at radius 1 is 1.33 bits per heavy atom. The van der Waals surface area contributed by atoms with Gasteiger partial charge >= 0.3 is 0 Å². The minimum Gasteiger partial charge on any atom is -0.481 e. The number of rotatable bonds is 4. The molecule has 6 heteroatoms. The number of amides is 2. The minimum atomic E-state index is -0.673. The van der Waals surface area contributed by atoms with Crippen molar-refractivity contribution in [2.45, 2.75) is 26.4 Å². The molecule has 3 rings (SSSR count). The first kappa shape index (κ1) is 16.0. The summed E-state index contributed by atoms with van der Waals surface area (Å²) in [7, 11) is 0. The van der Waals surface area contributed by atoms with Crippen molar-refractivity contribution >= 4 is 23.3 Å². The molecule has 24 heavy (non-hydrogen) atoms. The molecule has 1 aliphatic heterocycles. The molecule has 0 bridgehead atoms. The van der Waals surface area contributed by atoms with Crippen LogP contribution in [0.15, 0.2) is 42.6 Å². The van der Waals surface area contributed by atoms with Gasteiger partial charge in [0.15, 0.2) is 11.9 Å². The van der Waals surface area contributed by atoms with Crippen LogP contribution in [0.1, 0.15) is 18.9 Å². The van der Waals surface area contributed by atoms with Crippen LogP contribution in [0.5, 0.6) is 5.75 Å². The lowest BCUT2D eigenvalue weighted by atomic mass is 10.2. The Morgan fingerprint density at radius 2 is 2.08 bits per heavy atom. The normalized spacial score (nSPS) is 14.6. The number of carbonyl (C=O) groups excluding carboxylic acids is 2. The van der Waals surface area contributed by atoms with Gasteiger partial charge in [-0.2, -0.15) is 0 Å². The first-order valence-corrected chi connectivity index (χ1v) is 7.88. The van der Waals surface area contributed by atoms with Gasteiger partial charge in [0.25, 0.3) is 5.91 Å². The van der Waals surface area contributed by atoms with Gasteiger partial charge in [0.2, 0.25) is 5.91 Å². The summed E-state index contributed by atoms with van der Waals surface area (Å²) in [4.78, 5) is 30.4. The van der Waals surface area contributed by atoms with Crippen molar-refractivity contribution in [1.29, 1.82) is 0 Å². The van der Waals surface area contributed by atoms with Gasteiger partial charge in [0, 0.05) is 6.20 Å². The second-order valence-corrected chi connectivity index (χ2v) is 5.67. The van der Waals surface area contributed by atoms with E-state index in [0.717, 1.165) is 5.56 Å². The molecule has 1 N–H and O–H groups in total. The third-order valence-electron chi connectivity index (χ3n) is 3.83. The van der Waals surface area contributed by atoms with Crippen LogP contribution >= 0.6 is 0 Å². The zero-order valence-electron chi connectivity index (χ0n) is 13.7. The fourth-order valence-corrected chi connectivity index (χ4v) is 2.56. The molecule has 1 unspecified atom stereocenters. The maximum absolute atomic E-state index is 12.9. The molecule has 1 aromatic heterocycles. The summed E-state index contributed by atoms with van der Waals surface area (Å²) in [5.41, 5.74) is 1.65. The largest absolute Gasteiger partial charge is 0.481 e. The van der Waals surface area contributed by atoms with Crippen molar-refractivity contribution < 1.29 is 14.3 Å². The first-order chi connectivity index (χ1) is 11.6. The van der Waals surface area contributed by atoms with Gasteiger partial charge in [0.1, 0.15) is 12.3 Å². The van der Waals surface area contributed by atoms with E-state index < -0.39 is 6.10 Å². The van der Waals surface area contributed by atoms with E-state index in [1.54, 1.807) is 18.3 Å². The van der Waals surface area contributed by atoms with Crippen molar-refractivity contribution in [2.24, 2.45) is 0 Å². The summed E-state index contributed by atoms with van der Waals surface area (Å²) in [5, 5.41) is 2.72. The second kappa shape index (κ2) is 6.70. The number of aromatic nitrogens is 1. The van der Waals surface area contributed by atoms with Crippen LogP contribution in [-0.4, -0.2) is 29.4 Å². The Balaban J connectivity index is 1.83. The molecule has 1 aliphatic rings. The SMILES string of the molecule is CCC(Oc1ccc(C)cc1)C(=O)N1CC(=O)Nc2cccnc21. The topological polar surface area (TPSA) is 71.5 Å². The average molecular weight is 325 g/mol. The van der Waals surface area contributed by atoms with Crippen LogP contribution in [0.25, 0.3) is 0 Å². The summed E-state index contributed by atoms with van der Waals surface area (Å²) in [5.74, 6) is 0.568. The highest BCUT2D eigenvalue weighted by molar-refractivity contribution is 6.10. The van der Waals surface area contributed by atoms with Gasteiger partial charge < -0.3 is 10.1 Å². The number of nitrogens with one attached hydrogen (secondary N) is 1. The van der Waals surface area contributed by atoms with Crippen LogP contribution in [0.2, 0.25) is 0 Å². The number of aryl methyl sites for hydroxylation is 1. The lowest BCUT2D eigenvalue weighted by Crippen LogP contribution is -2.48. The summed E-state index contributed by atoms with van der Waals surface area (Å²) in [6, 6.07) is 11.0. The molecule has 0 radical (unpaired) electrons. The van der Waals surface area contributed by atoms with Crippen molar-refractivity contribution in [2.75, 3.05) is 16.8 Å². The number of hydrogen-bond acceptors (Lipinski definition) is 4. The Hall–Kier alpha value is -2.89. The quantitative estimate of drug-likeness (QED) is 0.937. The zero-order valence-corrected chi connectivity index (χ0v) is 13.7. The van der Waals surface area contributed by atoms with E-state index in [0.29, 0.717) is 23.7 Å². The van der Waals surface area contributed by atoms with E-state index >= 15 is 0 Å². The summed E-state index contributed by atoms with van der Waals surface area (Å²) in [6.07, 6.45) is 1.42. The molecule has 2 heterocycles. The molecule has 1 atom stereocenters. The van der Waals surface area contributed by atoms with Gasteiger partial charge in [-0.1, -0.05) is 24.6 Å². The van der Waals surface area contributed by atoms with Crippen LogP contribution in [0, 0.1) is 6.92 Å². The highest BCUT2D eigenvalue weighted by Gasteiger charge is 2.32. The number of benzene rings is 1. The Kier molecular flexibility index (Phi) is 4.46. The molecule has 0 aliphatic carbocycles. The van der Waals surface area contributed by atoms with Gasteiger partial charge in [-0.3, -0.25) is 14.5 Å². The summed E-state index contributed by atoms with van der Waals surface area (Å²) in [6.45, 7) is 3.80. The van der Waals surface area contributed by atoms with Gasteiger partial charge in [0.05, 0.1) is 5.69 Å². The van der Waals surface area contributed by atoms with Crippen LogP contribution in [-0.2, 0) is 9.59 Å². The van der Waals surface area contributed by atoms with E-state index in [2.05, 4.69) is 10.3 Å². The van der Waals surface area contributed by atoms with E-state index in [1.165, 1.54) is 4.90 Å². The van der Waals surface area contributed by atoms with Crippen molar-refractivity contribution in [3.05, 3.63) is 48.2 Å². The van der Waals surface area contributed by atoms with E-state index in [1.807, 2.05) is 38.1 Å². The van der Waals surface area contributed by atoms with Gasteiger partial charge in [-0.25, -0.2) is 4.98 Å². The molecule has 124 valence electrons. The van der Waals surface area contributed by atoms with Crippen LogP contribution < -0.4 is 15.0 Å². The monoisotopic (exact) mass is 325 g/mol. The minimum absolute atomic E-state index is 0.0589. The average Bonchev–Trinajstić information content (AvgIpc) is 2.60. The smallest absolute Gasteiger partial charge is 0.269 e. The van der Waals surface area contributed by atoms with Crippen molar-refractivity contribution in [3.63, 3.8) is 0 Å². The third kappa shape index (κ3) is 3.22. The molecule has 1 aromatic carbocycles. The van der Waals surface area contributed by atoms with Crippen molar-refractivity contribution in [3.8, 4) is 5.75 Å². The lowest BCUT2D eigenvalue weighted by molar-refractivity contribution is -0.127. The summed E-state index contributed by atoms with van der Waals surface area (Å²) >= 11 is 0. The van der Waals surface area contributed by atoms with E-state index in [-0.39, 0.29) is 18.4 Å². The molecule has 0 saturated carbocycles. The molecule has 6 nitrogen and oxygen atoms in total. The molecule has 0 fully saturated rings. The molecular weight excluding hydrogens is 306 g/mol. The maximum Gasteiger partial charge on any atom is 0.269 e. The summed E-state index contributed by atoms with van der Waals surface area (Å²) < 4.78 is 5.83. The predicted molar refractivity (Wildman–Crippen MR) is 91.1 cm³/mol. The fraction of sp³-hybridized carbons (Fsp3) is 0.278. The third-order valence-corrected chi connectivity index (χ3v) is 3.83. The van der Waals surface area contributed by atoms with Crippen molar-refractivity contribution in [1.82, 2.24) is 4.98 Å². The number of fused-ring (bicyclic) bond motifs is 1. The second-order valence-electron chi connectivity index (χ2n) is 5.67. The highest BCUT2D eigenvalue weighted by atomic mass is 16.5. The Morgan fingerprint density at radius 3 is 2.79 bits per heavy atom. The first-order valence-electron chi connectivity index (χ1n) is 7.88. The molecule has 0 spiro atoms. The number of anilines is 2. The molecule has 2 amide bonds. The van der Waals surface area contributed by atoms with E-state index in [4.69, 9.17) is 4.74 Å². The number of hydrogen-bond donors (Lipinski definition) is 1. The molecule has 0 saturated heterocycles. The van der Waals surface area contributed by atoms with Gasteiger partial charge in [-0.05, 0) is 37.6 Å². The van der Waals surface area contributed by atoms with Crippen LogP contribution in [0.4, 0.5) is 11.5 Å². The fourth-order valence-electron chi connectivity index (χ4n) is 2.56. The Bertz CT molecular complexity index is 758. The predicted octanol–water partition coefficient (Wildman–Crippen LogP) is 2.53. The number of nitrogens with zero attached hydrogens (tertiary/aromatic N) is 2. The lowest BCUT2D eigenvalue weighted by Gasteiger charge is -2.30. The number of pyridine rings is 1. The Labute approximate surface area is 140 Å².